The molecule has 1 aliphatic rings. The molecule has 0 unspecified atom stereocenters. The molecule has 3 aromatic rings. The number of nitrogens with one attached hydrogen (secondary N) is 2. The topological polar surface area (TPSA) is 71.2 Å². The molecule has 2 aromatic carbocycles. The average Bonchev–Trinajstić information content (AvgIpc) is 3.15. The first-order chi connectivity index (χ1) is 11.2. The van der Waals surface area contributed by atoms with Crippen LogP contribution in [0.25, 0.3) is 10.9 Å². The highest BCUT2D eigenvalue weighted by atomic mass is 16.5. The van der Waals surface area contributed by atoms with Crippen molar-refractivity contribution in [2.45, 2.75) is 5.54 Å². The molecule has 114 valence electrons. The number of carbonyl (C=O) groups excluding carboxylic acids is 2. The zero-order chi connectivity index (χ0) is 16.0. The number of Topliss-reactive ketones (excluding diaryl/α,β-unsaturated/α-hetero) is 1. The molecule has 1 atom stereocenters. The second-order valence-corrected chi connectivity index (χ2v) is 5.49. The maximum atomic E-state index is 13.1. The van der Waals surface area contributed by atoms with Crippen LogP contribution >= 0.6 is 0 Å². The molecule has 23 heavy (non-hydrogen) atoms. The molecule has 0 radical (unpaired) electrons. The van der Waals surface area contributed by atoms with Crippen LogP contribution in [-0.2, 0) is 15.1 Å². The first-order valence-electron chi connectivity index (χ1n) is 7.25. The molecule has 0 saturated heterocycles. The molecule has 4 rings (SSSR count). The van der Waals surface area contributed by atoms with Crippen LogP contribution in [0.5, 0.6) is 0 Å². The van der Waals surface area contributed by atoms with Crippen molar-refractivity contribution >= 4 is 28.3 Å². The first-order valence-corrected chi connectivity index (χ1v) is 7.25. The fourth-order valence-corrected chi connectivity index (χ4v) is 3.23. The predicted molar refractivity (Wildman–Crippen MR) is 86.4 cm³/mol. The Kier molecular flexibility index (Phi) is 2.78. The Morgan fingerprint density at radius 1 is 1.09 bits per heavy atom. The van der Waals surface area contributed by atoms with Crippen molar-refractivity contribution in [2.24, 2.45) is 0 Å². The summed E-state index contributed by atoms with van der Waals surface area (Å²) in [5.41, 5.74) is 0.992. The Hall–Kier alpha value is -3.08. The van der Waals surface area contributed by atoms with Crippen LogP contribution in [0.1, 0.15) is 15.9 Å². The molecule has 0 aliphatic carbocycles. The Bertz CT molecular complexity index is 944. The van der Waals surface area contributed by atoms with Crippen LogP contribution in [0.4, 0.5) is 5.69 Å². The first kappa shape index (κ1) is 13.6. The van der Waals surface area contributed by atoms with Crippen molar-refractivity contribution in [1.29, 1.82) is 0 Å². The van der Waals surface area contributed by atoms with E-state index >= 15 is 0 Å². The van der Waals surface area contributed by atoms with Gasteiger partial charge in [-0.3, -0.25) is 4.79 Å². The molecular formula is C18H14N2O3. The van der Waals surface area contributed by atoms with Gasteiger partial charge >= 0.3 is 5.97 Å². The maximum absolute atomic E-state index is 13.1. The number of hydrogen-bond acceptors (Lipinski definition) is 4. The van der Waals surface area contributed by atoms with E-state index in [9.17, 15) is 9.59 Å². The Morgan fingerprint density at radius 3 is 2.61 bits per heavy atom. The number of methoxy groups -OCH3 is 1. The summed E-state index contributed by atoms with van der Waals surface area (Å²) in [5, 5.41) is 3.91. The predicted octanol–water partition coefficient (Wildman–Crippen LogP) is 2.84. The molecule has 1 aromatic heterocycles. The molecule has 0 spiro atoms. The minimum Gasteiger partial charge on any atom is -0.467 e. The number of para-hydroxylation sites is 2. The average molecular weight is 306 g/mol. The lowest BCUT2D eigenvalue weighted by Gasteiger charge is -2.25. The third kappa shape index (κ3) is 1.67. The van der Waals surface area contributed by atoms with Crippen molar-refractivity contribution < 1.29 is 14.3 Å². The van der Waals surface area contributed by atoms with Gasteiger partial charge in [0.25, 0.3) is 0 Å². The van der Waals surface area contributed by atoms with E-state index < -0.39 is 11.5 Å². The molecule has 1 aliphatic heterocycles. The molecule has 2 heterocycles. The molecule has 2 N–H and O–H groups in total. The zero-order valence-electron chi connectivity index (χ0n) is 12.4. The lowest BCUT2D eigenvalue weighted by atomic mass is 9.85. The van der Waals surface area contributed by atoms with Crippen LogP contribution in [0.3, 0.4) is 0 Å². The van der Waals surface area contributed by atoms with Gasteiger partial charge in [0.05, 0.1) is 7.11 Å². The minimum absolute atomic E-state index is 0.301. The lowest BCUT2D eigenvalue weighted by Crippen LogP contribution is -2.47. The summed E-state index contributed by atoms with van der Waals surface area (Å²) in [4.78, 5) is 28.8. The minimum atomic E-state index is -1.56. The summed E-state index contributed by atoms with van der Waals surface area (Å²) in [7, 11) is 1.29. The standard InChI is InChI=1S/C18H14N2O3/c1-23-17(22)18(13-10-19-14-8-4-2-6-11(13)14)16(21)12-7-3-5-9-15(12)20-18/h2-10,19-20H,1H3/t18-/m1/s1. The monoisotopic (exact) mass is 306 g/mol. The van der Waals surface area contributed by atoms with Gasteiger partial charge in [-0.05, 0) is 18.2 Å². The Labute approximate surface area is 132 Å². The van der Waals surface area contributed by atoms with Gasteiger partial charge in [0.1, 0.15) is 0 Å². The second kappa shape index (κ2) is 4.71. The molecular weight excluding hydrogens is 292 g/mol. The van der Waals surface area contributed by atoms with Crippen LogP contribution in [-0.4, -0.2) is 23.8 Å². The van der Waals surface area contributed by atoms with Gasteiger partial charge in [0.15, 0.2) is 0 Å². The SMILES string of the molecule is COC(=O)[C@]1(c2c[nH]c3ccccc23)Nc2ccccc2C1=O. The van der Waals surface area contributed by atoms with E-state index in [-0.39, 0.29) is 5.78 Å². The number of ether oxygens (including phenoxy) is 1. The van der Waals surface area contributed by atoms with E-state index in [1.54, 1.807) is 24.4 Å². The molecule has 5 heteroatoms. The molecule has 0 saturated carbocycles. The summed E-state index contributed by atoms with van der Waals surface area (Å²) in [6.45, 7) is 0. The number of fused-ring (bicyclic) bond motifs is 2. The van der Waals surface area contributed by atoms with Gasteiger partial charge < -0.3 is 15.0 Å². The fraction of sp³-hybridized carbons (Fsp3) is 0.111. The zero-order valence-corrected chi connectivity index (χ0v) is 12.4. The van der Waals surface area contributed by atoms with E-state index in [0.717, 1.165) is 10.9 Å². The number of ketones is 1. The highest BCUT2D eigenvalue weighted by Crippen LogP contribution is 2.42. The third-order valence-electron chi connectivity index (χ3n) is 4.32. The number of hydrogen-bond donors (Lipinski definition) is 2. The highest BCUT2D eigenvalue weighted by Gasteiger charge is 2.55. The number of H-pyrrole nitrogens is 1. The molecule has 5 nitrogen and oxygen atoms in total. The van der Waals surface area contributed by atoms with Crippen molar-refractivity contribution in [1.82, 2.24) is 4.98 Å². The summed E-state index contributed by atoms with van der Waals surface area (Å²) in [6.07, 6.45) is 1.69. The van der Waals surface area contributed by atoms with Crippen molar-refractivity contribution in [3.05, 3.63) is 65.9 Å². The molecule has 0 bridgehead atoms. The smallest absolute Gasteiger partial charge is 0.344 e. The van der Waals surface area contributed by atoms with E-state index in [2.05, 4.69) is 10.3 Å². The van der Waals surface area contributed by atoms with E-state index in [4.69, 9.17) is 4.74 Å². The largest absolute Gasteiger partial charge is 0.467 e. The van der Waals surface area contributed by atoms with E-state index in [0.29, 0.717) is 16.8 Å². The van der Waals surface area contributed by atoms with Crippen LogP contribution in [0, 0.1) is 0 Å². The van der Waals surface area contributed by atoms with Gasteiger partial charge in [-0.1, -0.05) is 30.3 Å². The van der Waals surface area contributed by atoms with Crippen LogP contribution < -0.4 is 5.32 Å². The third-order valence-corrected chi connectivity index (χ3v) is 4.32. The maximum Gasteiger partial charge on any atom is 0.344 e. The Balaban J connectivity index is 2.01. The number of aromatic amines is 1. The number of esters is 1. The molecule has 0 amide bonds. The van der Waals surface area contributed by atoms with Gasteiger partial charge in [-0.15, -0.1) is 0 Å². The van der Waals surface area contributed by atoms with Crippen LogP contribution in [0.2, 0.25) is 0 Å². The summed E-state index contributed by atoms with van der Waals surface area (Å²) in [6, 6.07) is 14.6. The second-order valence-electron chi connectivity index (χ2n) is 5.49. The number of benzene rings is 2. The number of rotatable bonds is 2. The molecule has 0 fully saturated rings. The normalized spacial score (nSPS) is 19.4. The van der Waals surface area contributed by atoms with Gasteiger partial charge in [0, 0.05) is 33.9 Å². The lowest BCUT2D eigenvalue weighted by molar-refractivity contribution is -0.144. The number of carbonyl (C=O) groups is 2. The quantitative estimate of drug-likeness (QED) is 0.564. The van der Waals surface area contributed by atoms with Crippen molar-refractivity contribution in [2.75, 3.05) is 12.4 Å². The number of aromatic nitrogens is 1. The van der Waals surface area contributed by atoms with Crippen molar-refractivity contribution in [3.8, 4) is 0 Å². The van der Waals surface area contributed by atoms with Crippen molar-refractivity contribution in [3.63, 3.8) is 0 Å². The summed E-state index contributed by atoms with van der Waals surface area (Å²) in [5.74, 6) is -0.923. The Morgan fingerprint density at radius 2 is 1.83 bits per heavy atom. The van der Waals surface area contributed by atoms with Gasteiger partial charge in [-0.25, -0.2) is 4.79 Å². The van der Waals surface area contributed by atoms with Gasteiger partial charge in [-0.2, -0.15) is 0 Å². The number of anilines is 1. The highest BCUT2D eigenvalue weighted by molar-refractivity contribution is 6.25. The summed E-state index contributed by atoms with van der Waals surface area (Å²) < 4.78 is 4.98. The fourth-order valence-electron chi connectivity index (χ4n) is 3.23. The summed E-state index contributed by atoms with van der Waals surface area (Å²) >= 11 is 0. The van der Waals surface area contributed by atoms with E-state index in [1.807, 2.05) is 30.3 Å². The van der Waals surface area contributed by atoms with Crippen LogP contribution in [0.15, 0.2) is 54.7 Å². The van der Waals surface area contributed by atoms with E-state index in [1.165, 1.54) is 7.11 Å². The van der Waals surface area contributed by atoms with Gasteiger partial charge in [0.2, 0.25) is 11.3 Å².